The first-order valence-corrected chi connectivity index (χ1v) is 9.23. The van der Waals surface area contributed by atoms with Crippen molar-refractivity contribution in [3.05, 3.63) is 0 Å². The SMILES string of the molecule is CC(C)(C)C(=O)CC(=O)C(C)(C)C.CC(C)(C)C(=O)CC(=O)C(C)(C)C.Cl.Cl.[Si]. The molecule has 0 amide bonds. The van der Waals surface area contributed by atoms with Crippen LogP contribution >= 0.6 is 24.8 Å². The molecular formula is C22H42Cl2O4Si. The van der Waals surface area contributed by atoms with Gasteiger partial charge in [-0.2, -0.15) is 0 Å². The lowest BCUT2D eigenvalue weighted by Gasteiger charge is -2.20. The van der Waals surface area contributed by atoms with Crippen LogP contribution in [0.5, 0.6) is 0 Å². The smallest absolute Gasteiger partial charge is 0.145 e. The van der Waals surface area contributed by atoms with Gasteiger partial charge in [-0.25, -0.2) is 0 Å². The summed E-state index contributed by atoms with van der Waals surface area (Å²) in [4.78, 5) is 46.0. The van der Waals surface area contributed by atoms with Crippen molar-refractivity contribution < 1.29 is 19.2 Å². The molecule has 0 aromatic carbocycles. The Morgan fingerprint density at radius 2 is 0.517 bits per heavy atom. The molecule has 0 bridgehead atoms. The first kappa shape index (κ1) is 39.0. The van der Waals surface area contributed by atoms with Crippen LogP contribution in [0.1, 0.15) is 95.9 Å². The van der Waals surface area contributed by atoms with E-state index in [1.54, 1.807) is 0 Å². The van der Waals surface area contributed by atoms with Gasteiger partial charge in [-0.05, 0) is 0 Å². The first-order valence-electron chi connectivity index (χ1n) is 9.23. The number of hydrogen-bond acceptors (Lipinski definition) is 4. The normalized spacial score (nSPS) is 11.4. The predicted octanol–water partition coefficient (Wildman–Crippen LogP) is 5.68. The molecule has 4 radical (unpaired) electrons. The zero-order valence-corrected chi connectivity index (χ0v) is 23.0. The molecule has 0 heterocycles. The predicted molar refractivity (Wildman–Crippen MR) is 127 cm³/mol. The molecule has 29 heavy (non-hydrogen) atoms. The number of halogens is 2. The molecule has 172 valence electrons. The second-order valence-electron chi connectivity index (χ2n) is 11.0. The van der Waals surface area contributed by atoms with E-state index in [0.29, 0.717) is 0 Å². The monoisotopic (exact) mass is 468 g/mol. The highest BCUT2D eigenvalue weighted by molar-refractivity contribution is 6.03. The lowest BCUT2D eigenvalue weighted by atomic mass is 9.82. The lowest BCUT2D eigenvalue weighted by Crippen LogP contribution is -2.28. The van der Waals surface area contributed by atoms with Gasteiger partial charge < -0.3 is 0 Å². The Morgan fingerprint density at radius 1 is 0.414 bits per heavy atom. The minimum absolute atomic E-state index is 0. The summed E-state index contributed by atoms with van der Waals surface area (Å²) < 4.78 is 0. The van der Waals surface area contributed by atoms with E-state index >= 15 is 0 Å². The Morgan fingerprint density at radius 3 is 0.586 bits per heavy atom. The molecule has 0 spiro atoms. The van der Waals surface area contributed by atoms with Gasteiger partial charge in [0, 0.05) is 32.6 Å². The first-order chi connectivity index (χ1) is 11.1. The molecule has 0 aliphatic carbocycles. The van der Waals surface area contributed by atoms with Crippen molar-refractivity contribution >= 4 is 58.9 Å². The van der Waals surface area contributed by atoms with Gasteiger partial charge in [-0.1, -0.05) is 83.1 Å². The van der Waals surface area contributed by atoms with E-state index < -0.39 is 21.7 Å². The molecule has 0 aromatic heterocycles. The average Bonchev–Trinajstić information content (AvgIpc) is 2.34. The number of carbonyl (C=O) groups is 4. The largest absolute Gasteiger partial charge is 0.299 e. The van der Waals surface area contributed by atoms with E-state index in [-0.39, 0.29) is 71.8 Å². The summed E-state index contributed by atoms with van der Waals surface area (Å²) in [6.45, 7) is 22.1. The van der Waals surface area contributed by atoms with Gasteiger partial charge >= 0.3 is 0 Å². The van der Waals surface area contributed by atoms with Gasteiger partial charge in [0.05, 0.1) is 12.8 Å². The minimum atomic E-state index is -0.402. The zero-order valence-electron chi connectivity index (χ0n) is 20.4. The van der Waals surface area contributed by atoms with Crippen molar-refractivity contribution in [2.75, 3.05) is 0 Å². The topological polar surface area (TPSA) is 68.3 Å². The van der Waals surface area contributed by atoms with Crippen molar-refractivity contribution in [1.82, 2.24) is 0 Å². The molecule has 0 rings (SSSR count). The number of hydrogen-bond donors (Lipinski definition) is 0. The Kier molecular flexibility index (Phi) is 18.4. The fraction of sp³-hybridized carbons (Fsp3) is 0.818. The van der Waals surface area contributed by atoms with Crippen LogP contribution < -0.4 is 0 Å². The highest BCUT2D eigenvalue weighted by atomic mass is 35.5. The van der Waals surface area contributed by atoms with Crippen LogP contribution in [0.15, 0.2) is 0 Å². The summed E-state index contributed by atoms with van der Waals surface area (Å²) in [5.41, 5.74) is -1.61. The third-order valence-electron chi connectivity index (χ3n) is 3.99. The number of Topliss-reactive ketones (excluding diaryl/α,β-unsaturated/α-hetero) is 4. The molecule has 0 fully saturated rings. The van der Waals surface area contributed by atoms with Gasteiger partial charge in [0.15, 0.2) is 0 Å². The van der Waals surface area contributed by atoms with E-state index in [1.807, 2.05) is 83.1 Å². The number of rotatable bonds is 4. The van der Waals surface area contributed by atoms with Gasteiger partial charge in [-0.15, -0.1) is 24.8 Å². The average molecular weight is 470 g/mol. The maximum atomic E-state index is 11.5. The van der Waals surface area contributed by atoms with Crippen molar-refractivity contribution in [3.8, 4) is 0 Å². The molecule has 0 saturated carbocycles. The third-order valence-corrected chi connectivity index (χ3v) is 3.99. The number of carbonyl (C=O) groups excluding carboxylic acids is 4. The maximum Gasteiger partial charge on any atom is 0.145 e. The molecule has 0 N–H and O–H groups in total. The highest BCUT2D eigenvalue weighted by Crippen LogP contribution is 2.23. The Labute approximate surface area is 195 Å². The fourth-order valence-corrected chi connectivity index (χ4v) is 1.35. The van der Waals surface area contributed by atoms with Gasteiger partial charge in [0.1, 0.15) is 23.1 Å². The summed E-state index contributed by atoms with van der Waals surface area (Å²) in [5, 5.41) is 0. The minimum Gasteiger partial charge on any atom is -0.299 e. The van der Waals surface area contributed by atoms with E-state index in [2.05, 4.69) is 0 Å². The van der Waals surface area contributed by atoms with Gasteiger partial charge in [0.2, 0.25) is 0 Å². The summed E-state index contributed by atoms with van der Waals surface area (Å²) in [7, 11) is 0. The Hall–Kier alpha value is -0.523. The molecule has 7 heteroatoms. The molecule has 0 atom stereocenters. The highest BCUT2D eigenvalue weighted by Gasteiger charge is 2.29. The molecular weight excluding hydrogens is 427 g/mol. The standard InChI is InChI=1S/2C11H20O2.2ClH.Si/c2*1-10(2,3)8(12)7-9(13)11(4,5)6;;;/h2*7H2,1-6H3;2*1H;. The molecule has 4 nitrogen and oxygen atoms in total. The molecule has 0 saturated heterocycles. The van der Waals surface area contributed by atoms with E-state index in [0.717, 1.165) is 0 Å². The molecule has 0 aliphatic heterocycles. The van der Waals surface area contributed by atoms with Crippen LogP contribution in [-0.4, -0.2) is 34.1 Å². The Balaban J connectivity index is -0.000000120. The summed E-state index contributed by atoms with van der Waals surface area (Å²) in [5.74, 6) is 0.0831. The second-order valence-corrected chi connectivity index (χ2v) is 11.0. The fourth-order valence-electron chi connectivity index (χ4n) is 1.35. The van der Waals surface area contributed by atoms with Crippen molar-refractivity contribution in [2.24, 2.45) is 21.7 Å². The molecule has 0 unspecified atom stereocenters. The van der Waals surface area contributed by atoms with Crippen molar-refractivity contribution in [3.63, 3.8) is 0 Å². The van der Waals surface area contributed by atoms with Crippen molar-refractivity contribution in [1.29, 1.82) is 0 Å². The van der Waals surface area contributed by atoms with Crippen LogP contribution in [-0.2, 0) is 19.2 Å². The van der Waals surface area contributed by atoms with Gasteiger partial charge in [-0.3, -0.25) is 19.2 Å². The zero-order chi connectivity index (χ0) is 21.7. The lowest BCUT2D eigenvalue weighted by molar-refractivity contribution is -0.136. The maximum absolute atomic E-state index is 11.5. The number of ketones is 4. The molecule has 0 aliphatic rings. The van der Waals surface area contributed by atoms with Crippen LogP contribution in [0.4, 0.5) is 0 Å². The van der Waals surface area contributed by atoms with Crippen LogP contribution in [0.25, 0.3) is 0 Å². The quantitative estimate of drug-likeness (QED) is 0.393. The summed E-state index contributed by atoms with van der Waals surface area (Å²) in [6.07, 6.45) is 0.125. The second kappa shape index (κ2) is 13.7. The van der Waals surface area contributed by atoms with Crippen LogP contribution in [0, 0.1) is 21.7 Å². The van der Waals surface area contributed by atoms with Gasteiger partial charge in [0.25, 0.3) is 0 Å². The summed E-state index contributed by atoms with van der Waals surface area (Å²) in [6, 6.07) is 0. The van der Waals surface area contributed by atoms with Crippen LogP contribution in [0.2, 0.25) is 0 Å². The third kappa shape index (κ3) is 18.0. The van der Waals surface area contributed by atoms with E-state index in [4.69, 9.17) is 0 Å². The molecule has 0 aromatic rings. The van der Waals surface area contributed by atoms with E-state index in [1.165, 1.54) is 0 Å². The van der Waals surface area contributed by atoms with Crippen molar-refractivity contribution in [2.45, 2.75) is 95.9 Å². The van der Waals surface area contributed by atoms with E-state index in [9.17, 15) is 19.2 Å². The van der Waals surface area contributed by atoms with Crippen LogP contribution in [0.3, 0.4) is 0 Å². The summed E-state index contributed by atoms with van der Waals surface area (Å²) >= 11 is 0. The Bertz CT molecular complexity index is 445.